The molecule has 56 valence electrons. The summed E-state index contributed by atoms with van der Waals surface area (Å²) in [5, 5.41) is 0.477. The third kappa shape index (κ3) is 6.35. The van der Waals surface area contributed by atoms with E-state index in [1.807, 2.05) is 0 Å². The second-order valence-electron chi connectivity index (χ2n) is 2.65. The molecule has 9 heavy (non-hydrogen) atoms. The summed E-state index contributed by atoms with van der Waals surface area (Å²) in [5.41, 5.74) is 0. The van der Waals surface area contributed by atoms with Gasteiger partial charge in [-0.3, -0.25) is 0 Å². The number of hydrogen-bond donors (Lipinski definition) is 0. The van der Waals surface area contributed by atoms with Gasteiger partial charge in [0.1, 0.15) is 9.68 Å². The molecule has 0 saturated carbocycles. The lowest BCUT2D eigenvalue weighted by Crippen LogP contribution is -2.26. The van der Waals surface area contributed by atoms with Gasteiger partial charge in [-0.15, -0.1) is 11.6 Å². The van der Waals surface area contributed by atoms with Gasteiger partial charge in [0.25, 0.3) is 0 Å². The van der Waals surface area contributed by atoms with Crippen molar-refractivity contribution in [2.75, 3.05) is 14.1 Å². The van der Waals surface area contributed by atoms with Crippen molar-refractivity contribution in [1.29, 1.82) is 0 Å². The average molecular weight is 166 g/mol. The van der Waals surface area contributed by atoms with E-state index in [9.17, 15) is 0 Å². The topological polar surface area (TPSA) is 3.24 Å². The van der Waals surface area contributed by atoms with Gasteiger partial charge in [0.05, 0.1) is 0 Å². The van der Waals surface area contributed by atoms with Gasteiger partial charge in [-0.05, 0) is 20.5 Å². The lowest BCUT2D eigenvalue weighted by molar-refractivity contribution is 0.646. The minimum atomic E-state index is -0.142. The summed E-state index contributed by atoms with van der Waals surface area (Å²) < 4.78 is 2.26. The summed E-state index contributed by atoms with van der Waals surface area (Å²) in [6, 6.07) is 0. The van der Waals surface area contributed by atoms with E-state index >= 15 is 0 Å². The highest BCUT2D eigenvalue weighted by Gasteiger charge is 2.03. The highest BCUT2D eigenvalue weighted by atomic mass is 35.5. The predicted octanol–water partition coefficient (Wildman–Crippen LogP) is 0.997. The molecule has 1 nitrogen and oxygen atoms in total. The number of alkyl halides is 1. The van der Waals surface area contributed by atoms with E-state index in [4.69, 9.17) is 11.6 Å². The monoisotopic (exact) mass is 165 g/mol. The van der Waals surface area contributed by atoms with Gasteiger partial charge in [0.15, 0.2) is 0 Å². The van der Waals surface area contributed by atoms with Gasteiger partial charge in [-0.25, -0.2) is 0 Å². The molecule has 0 aromatic rings. The summed E-state index contributed by atoms with van der Waals surface area (Å²) in [7, 11) is 4.08. The van der Waals surface area contributed by atoms with Crippen molar-refractivity contribution in [1.82, 2.24) is 4.57 Å². The molecule has 0 amide bonds. The van der Waals surface area contributed by atoms with Crippen molar-refractivity contribution in [2.24, 2.45) is 0 Å². The average Bonchev–Trinajstić information content (AvgIpc) is 1.63. The minimum Gasteiger partial charge on any atom is -0.333 e. The van der Waals surface area contributed by atoms with Crippen LogP contribution >= 0.6 is 11.6 Å². The Balaban J connectivity index is 3.15. The van der Waals surface area contributed by atoms with Crippen molar-refractivity contribution < 1.29 is 0 Å². The summed E-state index contributed by atoms with van der Waals surface area (Å²) in [6.45, 7) is 2.18. The number of rotatable bonds is 4. The van der Waals surface area contributed by atoms with Gasteiger partial charge < -0.3 is 4.57 Å². The molecule has 0 aromatic carbocycles. The molecule has 0 saturated heterocycles. The molecular formula is C6H16ClNSi. The summed E-state index contributed by atoms with van der Waals surface area (Å²) in [5.74, 6) is 0. The van der Waals surface area contributed by atoms with E-state index in [-0.39, 0.29) is 9.68 Å². The molecule has 0 radical (unpaired) electrons. The normalized spacial score (nSPS) is 15.7. The maximum absolute atomic E-state index is 6.00. The Bertz CT molecular complexity index is 68.1. The fourth-order valence-electron chi connectivity index (χ4n) is 0.801. The van der Waals surface area contributed by atoms with Crippen LogP contribution in [-0.4, -0.2) is 33.3 Å². The van der Waals surface area contributed by atoms with Crippen LogP contribution in [0.5, 0.6) is 0 Å². The predicted molar refractivity (Wildman–Crippen MR) is 46.8 cm³/mol. The number of nitrogens with zero attached hydrogens (tertiary/aromatic N) is 1. The van der Waals surface area contributed by atoms with Crippen LogP contribution in [0, 0.1) is 0 Å². The maximum Gasteiger partial charge on any atom is 0.113 e. The third-order valence-corrected chi connectivity index (χ3v) is 3.33. The van der Waals surface area contributed by atoms with Crippen LogP contribution < -0.4 is 0 Å². The Morgan fingerprint density at radius 2 is 2.11 bits per heavy atom. The smallest absolute Gasteiger partial charge is 0.113 e. The van der Waals surface area contributed by atoms with E-state index in [1.54, 1.807) is 0 Å². The molecule has 0 aliphatic carbocycles. The second kappa shape index (κ2) is 5.27. The van der Waals surface area contributed by atoms with Crippen molar-refractivity contribution in [3.8, 4) is 0 Å². The Morgan fingerprint density at radius 3 is 2.44 bits per heavy atom. The first-order valence-electron chi connectivity index (χ1n) is 3.45. The first-order valence-corrected chi connectivity index (χ1v) is 5.34. The second-order valence-corrected chi connectivity index (χ2v) is 6.40. The third-order valence-electron chi connectivity index (χ3n) is 1.17. The summed E-state index contributed by atoms with van der Waals surface area (Å²) in [4.78, 5) is 0. The Kier molecular flexibility index (Phi) is 5.54. The molecule has 1 unspecified atom stereocenters. The molecule has 0 bridgehead atoms. The molecule has 0 aromatic heterocycles. The van der Waals surface area contributed by atoms with Crippen molar-refractivity contribution in [3.63, 3.8) is 0 Å². The zero-order valence-corrected chi connectivity index (χ0v) is 8.69. The summed E-state index contributed by atoms with van der Waals surface area (Å²) >= 11 is 6.00. The van der Waals surface area contributed by atoms with Gasteiger partial charge in [0, 0.05) is 5.00 Å². The molecule has 0 rings (SSSR count). The van der Waals surface area contributed by atoms with Crippen LogP contribution in [-0.2, 0) is 0 Å². The van der Waals surface area contributed by atoms with Gasteiger partial charge in [-0.1, -0.05) is 13.3 Å². The standard InChI is InChI=1S/C6H16ClNSi/c1-4-5-6(7)9-8(2)3/h6H,4-5,9H2,1-3H3. The molecule has 0 N–H and O–H groups in total. The van der Waals surface area contributed by atoms with Gasteiger partial charge in [-0.2, -0.15) is 0 Å². The van der Waals surface area contributed by atoms with Crippen LogP contribution in [0.2, 0.25) is 0 Å². The maximum atomic E-state index is 6.00. The Morgan fingerprint density at radius 1 is 1.56 bits per heavy atom. The van der Waals surface area contributed by atoms with E-state index in [0.717, 1.165) is 0 Å². The highest BCUT2D eigenvalue weighted by Crippen LogP contribution is 2.02. The molecule has 3 heteroatoms. The van der Waals surface area contributed by atoms with Crippen molar-refractivity contribution in [3.05, 3.63) is 0 Å². The molecule has 0 aliphatic rings. The van der Waals surface area contributed by atoms with Crippen molar-refractivity contribution >= 4 is 21.3 Å². The lowest BCUT2D eigenvalue weighted by atomic mass is 10.4. The highest BCUT2D eigenvalue weighted by molar-refractivity contribution is 6.51. The van der Waals surface area contributed by atoms with Crippen LogP contribution in [0.3, 0.4) is 0 Å². The molecule has 0 spiro atoms. The first kappa shape index (κ1) is 9.47. The van der Waals surface area contributed by atoms with E-state index < -0.39 is 0 Å². The molecule has 0 heterocycles. The lowest BCUT2D eigenvalue weighted by Gasteiger charge is -2.12. The van der Waals surface area contributed by atoms with Crippen LogP contribution in [0.15, 0.2) is 0 Å². The largest absolute Gasteiger partial charge is 0.333 e. The molecule has 0 aliphatic heterocycles. The van der Waals surface area contributed by atoms with Gasteiger partial charge in [0.2, 0.25) is 0 Å². The van der Waals surface area contributed by atoms with Crippen LogP contribution in [0.4, 0.5) is 0 Å². The minimum absolute atomic E-state index is 0.142. The van der Waals surface area contributed by atoms with E-state index in [0.29, 0.717) is 5.00 Å². The first-order chi connectivity index (χ1) is 4.16. The van der Waals surface area contributed by atoms with Crippen LogP contribution in [0.25, 0.3) is 0 Å². The Labute approximate surface area is 65.3 Å². The van der Waals surface area contributed by atoms with Crippen molar-refractivity contribution in [2.45, 2.75) is 24.8 Å². The number of hydrogen-bond acceptors (Lipinski definition) is 1. The zero-order valence-electron chi connectivity index (χ0n) is 6.52. The van der Waals surface area contributed by atoms with Gasteiger partial charge >= 0.3 is 0 Å². The molecule has 0 fully saturated rings. The molecule has 1 atom stereocenters. The fourth-order valence-corrected chi connectivity index (χ4v) is 3.23. The quantitative estimate of drug-likeness (QED) is 0.444. The fraction of sp³-hybridized carbons (Fsp3) is 1.00. The zero-order chi connectivity index (χ0) is 7.28. The van der Waals surface area contributed by atoms with E-state index in [2.05, 4.69) is 25.6 Å². The SMILES string of the molecule is CCCC(Cl)[SiH2]N(C)C. The Hall–Kier alpha value is 0.467. The molecular weight excluding hydrogens is 150 g/mol. The van der Waals surface area contributed by atoms with Crippen LogP contribution in [0.1, 0.15) is 19.8 Å². The number of halogens is 1. The van der Waals surface area contributed by atoms with E-state index in [1.165, 1.54) is 12.8 Å². The summed E-state index contributed by atoms with van der Waals surface area (Å²) in [6.07, 6.45) is 2.40.